The molecule has 0 saturated heterocycles. The Bertz CT molecular complexity index is 704. The van der Waals surface area contributed by atoms with Crippen LogP contribution in [0.2, 0.25) is 0 Å². The Hall–Kier alpha value is -2.36. The number of benzene rings is 1. The molecule has 1 amide bonds. The second-order valence-electron chi connectivity index (χ2n) is 5.14. The molecular formula is C16H16N2O2. The minimum absolute atomic E-state index is 0.00514. The fraction of sp³-hybridized carbons (Fsp3) is 0.250. The number of pyridine rings is 1. The van der Waals surface area contributed by atoms with Gasteiger partial charge >= 0.3 is 0 Å². The molecule has 1 aliphatic rings. The third-order valence-electron chi connectivity index (χ3n) is 3.67. The van der Waals surface area contributed by atoms with Gasteiger partial charge in [0.05, 0.1) is 5.56 Å². The molecule has 0 unspecified atom stereocenters. The summed E-state index contributed by atoms with van der Waals surface area (Å²) < 4.78 is 0. The minimum Gasteiger partial charge on any atom is -0.334 e. The molecule has 0 spiro atoms. The summed E-state index contributed by atoms with van der Waals surface area (Å²) >= 11 is 0. The molecule has 2 heterocycles. The highest BCUT2D eigenvalue weighted by molar-refractivity contribution is 5.96. The van der Waals surface area contributed by atoms with E-state index < -0.39 is 0 Å². The molecule has 20 heavy (non-hydrogen) atoms. The molecule has 0 aliphatic carbocycles. The van der Waals surface area contributed by atoms with Crippen molar-refractivity contribution in [2.45, 2.75) is 19.9 Å². The molecule has 0 radical (unpaired) electrons. The predicted molar refractivity (Wildman–Crippen MR) is 76.7 cm³/mol. The maximum Gasteiger partial charge on any atom is 0.255 e. The Kier molecular flexibility index (Phi) is 3.14. The first-order valence-electron chi connectivity index (χ1n) is 6.71. The number of hydrogen-bond acceptors (Lipinski definition) is 2. The monoisotopic (exact) mass is 268 g/mol. The molecule has 1 aromatic carbocycles. The third kappa shape index (κ3) is 2.25. The SMILES string of the molecule is Cc1cc2c([nH]c1=O)CCN(Cc1ccccc1)C2=O. The van der Waals surface area contributed by atoms with Gasteiger partial charge in [0.15, 0.2) is 0 Å². The van der Waals surface area contributed by atoms with E-state index in [1.807, 2.05) is 35.2 Å². The summed E-state index contributed by atoms with van der Waals surface area (Å²) in [5, 5.41) is 0. The zero-order valence-electron chi connectivity index (χ0n) is 11.3. The number of H-pyrrole nitrogens is 1. The maximum absolute atomic E-state index is 12.5. The van der Waals surface area contributed by atoms with Crippen molar-refractivity contribution in [3.63, 3.8) is 0 Å². The van der Waals surface area contributed by atoms with Gasteiger partial charge in [0.2, 0.25) is 0 Å². The highest BCUT2D eigenvalue weighted by Gasteiger charge is 2.25. The lowest BCUT2D eigenvalue weighted by molar-refractivity contribution is 0.0725. The van der Waals surface area contributed by atoms with E-state index in [1.54, 1.807) is 13.0 Å². The summed E-state index contributed by atoms with van der Waals surface area (Å²) in [6, 6.07) is 11.6. The second-order valence-corrected chi connectivity index (χ2v) is 5.14. The van der Waals surface area contributed by atoms with Crippen LogP contribution in [0.5, 0.6) is 0 Å². The van der Waals surface area contributed by atoms with Crippen LogP contribution in [0.4, 0.5) is 0 Å². The highest BCUT2D eigenvalue weighted by atomic mass is 16.2. The molecule has 4 heteroatoms. The van der Waals surface area contributed by atoms with Gasteiger partial charge in [-0.05, 0) is 18.6 Å². The van der Waals surface area contributed by atoms with Gasteiger partial charge < -0.3 is 9.88 Å². The van der Waals surface area contributed by atoms with Gasteiger partial charge in [-0.1, -0.05) is 30.3 Å². The van der Waals surface area contributed by atoms with E-state index in [9.17, 15) is 9.59 Å². The molecule has 0 atom stereocenters. The van der Waals surface area contributed by atoms with Crippen LogP contribution in [0.3, 0.4) is 0 Å². The van der Waals surface area contributed by atoms with Crippen LogP contribution in [-0.2, 0) is 13.0 Å². The Morgan fingerprint density at radius 2 is 1.95 bits per heavy atom. The van der Waals surface area contributed by atoms with Gasteiger partial charge in [-0.2, -0.15) is 0 Å². The normalized spacial score (nSPS) is 14.2. The van der Waals surface area contributed by atoms with Crippen molar-refractivity contribution in [1.29, 1.82) is 0 Å². The maximum atomic E-state index is 12.5. The lowest BCUT2D eigenvalue weighted by Gasteiger charge is -2.28. The summed E-state index contributed by atoms with van der Waals surface area (Å²) in [7, 11) is 0. The molecule has 0 fully saturated rings. The summed E-state index contributed by atoms with van der Waals surface area (Å²) in [6.07, 6.45) is 0.698. The Morgan fingerprint density at radius 1 is 1.20 bits per heavy atom. The number of carbonyl (C=O) groups is 1. The average molecular weight is 268 g/mol. The lowest BCUT2D eigenvalue weighted by atomic mass is 10.0. The van der Waals surface area contributed by atoms with Crippen LogP contribution in [0.15, 0.2) is 41.2 Å². The number of fused-ring (bicyclic) bond motifs is 1. The Labute approximate surface area is 117 Å². The van der Waals surface area contributed by atoms with Gasteiger partial charge in [0.1, 0.15) is 0 Å². The van der Waals surface area contributed by atoms with Crippen LogP contribution in [0.1, 0.15) is 27.2 Å². The smallest absolute Gasteiger partial charge is 0.255 e. The van der Waals surface area contributed by atoms with E-state index in [1.165, 1.54) is 0 Å². The fourth-order valence-corrected chi connectivity index (χ4v) is 2.53. The van der Waals surface area contributed by atoms with E-state index in [2.05, 4.69) is 4.98 Å². The molecule has 2 aromatic rings. The van der Waals surface area contributed by atoms with E-state index in [-0.39, 0.29) is 11.5 Å². The highest BCUT2D eigenvalue weighted by Crippen LogP contribution is 2.18. The van der Waals surface area contributed by atoms with Crippen molar-refractivity contribution < 1.29 is 4.79 Å². The van der Waals surface area contributed by atoms with Crippen LogP contribution in [0.25, 0.3) is 0 Å². The molecular weight excluding hydrogens is 252 g/mol. The number of aromatic amines is 1. The summed E-state index contributed by atoms with van der Waals surface area (Å²) in [5.74, 6) is -0.00514. The first-order chi connectivity index (χ1) is 9.65. The first-order valence-corrected chi connectivity index (χ1v) is 6.71. The van der Waals surface area contributed by atoms with Gasteiger partial charge in [0, 0.05) is 30.8 Å². The Balaban J connectivity index is 1.89. The molecule has 4 nitrogen and oxygen atoms in total. The summed E-state index contributed by atoms with van der Waals surface area (Å²) in [5.41, 5.74) is 2.98. The largest absolute Gasteiger partial charge is 0.334 e. The summed E-state index contributed by atoms with van der Waals surface area (Å²) in [6.45, 7) is 2.97. The van der Waals surface area contributed by atoms with E-state index in [0.29, 0.717) is 30.6 Å². The molecule has 0 bridgehead atoms. The zero-order valence-corrected chi connectivity index (χ0v) is 11.3. The van der Waals surface area contributed by atoms with Crippen molar-refractivity contribution in [1.82, 2.24) is 9.88 Å². The lowest BCUT2D eigenvalue weighted by Crippen LogP contribution is -2.38. The van der Waals surface area contributed by atoms with E-state index >= 15 is 0 Å². The van der Waals surface area contributed by atoms with Crippen LogP contribution in [-0.4, -0.2) is 22.3 Å². The number of hydrogen-bond donors (Lipinski definition) is 1. The van der Waals surface area contributed by atoms with Crippen molar-refractivity contribution in [3.05, 3.63) is 69.1 Å². The number of nitrogens with one attached hydrogen (secondary N) is 1. The summed E-state index contributed by atoms with van der Waals surface area (Å²) in [4.78, 5) is 28.7. The predicted octanol–water partition coefficient (Wildman–Crippen LogP) is 1.88. The number of amides is 1. The van der Waals surface area contributed by atoms with Crippen molar-refractivity contribution in [3.8, 4) is 0 Å². The van der Waals surface area contributed by atoms with Crippen LogP contribution in [0, 0.1) is 6.92 Å². The third-order valence-corrected chi connectivity index (χ3v) is 3.67. The van der Waals surface area contributed by atoms with Gasteiger partial charge in [-0.3, -0.25) is 9.59 Å². The van der Waals surface area contributed by atoms with Crippen molar-refractivity contribution in [2.75, 3.05) is 6.54 Å². The van der Waals surface area contributed by atoms with Crippen molar-refractivity contribution in [2.24, 2.45) is 0 Å². The topological polar surface area (TPSA) is 53.2 Å². The quantitative estimate of drug-likeness (QED) is 0.904. The molecule has 1 N–H and O–H groups in total. The van der Waals surface area contributed by atoms with Gasteiger partial charge in [0.25, 0.3) is 11.5 Å². The number of aryl methyl sites for hydroxylation is 1. The Morgan fingerprint density at radius 3 is 2.70 bits per heavy atom. The molecule has 1 aromatic heterocycles. The van der Waals surface area contributed by atoms with Gasteiger partial charge in [-0.25, -0.2) is 0 Å². The average Bonchev–Trinajstić information content (AvgIpc) is 2.46. The van der Waals surface area contributed by atoms with E-state index in [4.69, 9.17) is 0 Å². The van der Waals surface area contributed by atoms with Gasteiger partial charge in [-0.15, -0.1) is 0 Å². The number of nitrogens with zero attached hydrogens (tertiary/aromatic N) is 1. The molecule has 3 rings (SSSR count). The number of rotatable bonds is 2. The molecule has 0 saturated carbocycles. The standard InChI is InChI=1S/C16H16N2O2/c1-11-9-13-14(17-15(11)19)7-8-18(16(13)20)10-12-5-3-2-4-6-12/h2-6,9H,7-8,10H2,1H3,(H,17,19). The minimum atomic E-state index is -0.104. The van der Waals surface area contributed by atoms with E-state index in [0.717, 1.165) is 11.3 Å². The van der Waals surface area contributed by atoms with Crippen LogP contribution >= 0.6 is 0 Å². The van der Waals surface area contributed by atoms with Crippen molar-refractivity contribution >= 4 is 5.91 Å². The molecule has 1 aliphatic heterocycles. The zero-order chi connectivity index (χ0) is 14.1. The number of carbonyl (C=O) groups excluding carboxylic acids is 1. The molecule has 102 valence electrons. The number of aromatic nitrogens is 1. The fourth-order valence-electron chi connectivity index (χ4n) is 2.53. The second kappa shape index (κ2) is 4.96. The first kappa shape index (κ1) is 12.7. The van der Waals surface area contributed by atoms with Crippen LogP contribution < -0.4 is 5.56 Å².